The fraction of sp³-hybridized carbons (Fsp3) is 0.423. The van der Waals surface area contributed by atoms with Crippen molar-refractivity contribution in [2.24, 2.45) is 5.92 Å². The Bertz CT molecular complexity index is 1150. The van der Waals surface area contributed by atoms with Crippen molar-refractivity contribution in [3.63, 3.8) is 0 Å². The van der Waals surface area contributed by atoms with E-state index in [4.69, 9.17) is 5.26 Å². The maximum Gasteiger partial charge on any atom is 0.253 e. The van der Waals surface area contributed by atoms with Gasteiger partial charge in [0.25, 0.3) is 5.91 Å². The highest BCUT2D eigenvalue weighted by atomic mass is 16.1. The molecular formula is C26H29N5O. The molecule has 2 aliphatic rings. The molecule has 0 spiro atoms. The van der Waals surface area contributed by atoms with Gasteiger partial charge in [-0.2, -0.15) is 5.26 Å². The molecule has 3 aromatic rings. The molecule has 0 atom stereocenters. The van der Waals surface area contributed by atoms with Gasteiger partial charge >= 0.3 is 0 Å². The molecule has 3 heterocycles. The fourth-order valence-electron chi connectivity index (χ4n) is 5.25. The third-order valence-electron chi connectivity index (χ3n) is 7.19. The van der Waals surface area contributed by atoms with Crippen LogP contribution in [0.2, 0.25) is 0 Å². The van der Waals surface area contributed by atoms with Crippen molar-refractivity contribution in [1.82, 2.24) is 20.2 Å². The maximum atomic E-state index is 12.8. The normalized spacial score (nSPS) is 21.1. The maximum absolute atomic E-state index is 12.8. The lowest BCUT2D eigenvalue weighted by atomic mass is 9.83. The quantitative estimate of drug-likeness (QED) is 0.640. The number of benzene rings is 1. The van der Waals surface area contributed by atoms with Gasteiger partial charge in [0.1, 0.15) is 0 Å². The molecule has 164 valence electrons. The van der Waals surface area contributed by atoms with Crippen molar-refractivity contribution in [2.45, 2.75) is 51.1 Å². The van der Waals surface area contributed by atoms with Crippen LogP contribution in [-0.4, -0.2) is 39.9 Å². The highest BCUT2D eigenvalue weighted by Crippen LogP contribution is 2.29. The zero-order valence-corrected chi connectivity index (χ0v) is 18.3. The summed E-state index contributed by atoms with van der Waals surface area (Å²) >= 11 is 0. The smallest absolute Gasteiger partial charge is 0.253 e. The monoisotopic (exact) mass is 427 g/mol. The molecule has 32 heavy (non-hydrogen) atoms. The van der Waals surface area contributed by atoms with Crippen molar-refractivity contribution in [3.8, 4) is 6.07 Å². The van der Waals surface area contributed by atoms with E-state index in [1.807, 2.05) is 12.1 Å². The number of hydrogen-bond donors (Lipinski definition) is 2. The van der Waals surface area contributed by atoms with E-state index in [1.165, 1.54) is 30.4 Å². The Hall–Kier alpha value is -3.17. The van der Waals surface area contributed by atoms with Crippen LogP contribution in [0.5, 0.6) is 0 Å². The molecule has 1 aliphatic carbocycles. The minimum Gasteiger partial charge on any atom is -0.360 e. The molecule has 6 nitrogen and oxygen atoms in total. The number of carbonyl (C=O) groups is 1. The fourth-order valence-corrected chi connectivity index (χ4v) is 5.25. The second-order valence-electron chi connectivity index (χ2n) is 9.22. The van der Waals surface area contributed by atoms with E-state index in [1.54, 1.807) is 18.6 Å². The number of nitrogens with one attached hydrogen (secondary N) is 2. The lowest BCUT2D eigenvalue weighted by molar-refractivity contribution is 0.0921. The largest absolute Gasteiger partial charge is 0.360 e. The van der Waals surface area contributed by atoms with Crippen LogP contribution >= 0.6 is 0 Å². The van der Waals surface area contributed by atoms with Gasteiger partial charge in [-0.3, -0.25) is 14.7 Å². The van der Waals surface area contributed by atoms with Crippen LogP contribution in [-0.2, 0) is 13.0 Å². The van der Waals surface area contributed by atoms with Crippen LogP contribution in [0.1, 0.15) is 59.2 Å². The third kappa shape index (κ3) is 4.39. The standard InChI is InChI=1S/C26H29N5O/c27-14-19-1-4-20-9-12-31(17-21(20)13-19)11-8-18-2-5-22(6-3-18)30-26(32)24-16-29-25-7-10-28-15-23(24)25/h1,4,7,10,13,15-16,18,22,29H,2-3,5-6,8-9,11-12,17H2,(H,30,32). The van der Waals surface area contributed by atoms with Gasteiger partial charge in [0.05, 0.1) is 17.2 Å². The Morgan fingerprint density at radius 3 is 2.94 bits per heavy atom. The van der Waals surface area contributed by atoms with Gasteiger partial charge in [-0.15, -0.1) is 0 Å². The van der Waals surface area contributed by atoms with Gasteiger partial charge in [0, 0.05) is 48.6 Å². The summed E-state index contributed by atoms with van der Waals surface area (Å²) in [4.78, 5) is 22.6. The summed E-state index contributed by atoms with van der Waals surface area (Å²) in [5, 5.41) is 13.3. The SMILES string of the molecule is N#Cc1ccc2c(c1)CN(CCC1CCC(NC(=O)c3c[nH]c4ccncc34)CC1)CC2. The first-order valence-electron chi connectivity index (χ1n) is 11.7. The molecule has 0 bridgehead atoms. The van der Waals surface area contributed by atoms with Gasteiger partial charge in [-0.05, 0) is 80.3 Å². The number of carbonyl (C=O) groups excluding carboxylic acids is 1. The lowest BCUT2D eigenvalue weighted by Gasteiger charge is -2.33. The van der Waals surface area contributed by atoms with E-state index in [2.05, 4.69) is 38.4 Å². The number of aromatic nitrogens is 2. The van der Waals surface area contributed by atoms with Crippen LogP contribution in [0.3, 0.4) is 0 Å². The van der Waals surface area contributed by atoms with Gasteiger partial charge < -0.3 is 10.3 Å². The van der Waals surface area contributed by atoms with E-state index in [9.17, 15) is 4.79 Å². The summed E-state index contributed by atoms with van der Waals surface area (Å²) in [6.07, 6.45) is 12.0. The first-order chi connectivity index (χ1) is 15.7. The number of pyridine rings is 1. The first kappa shape index (κ1) is 20.7. The van der Waals surface area contributed by atoms with Crippen molar-refractivity contribution < 1.29 is 4.79 Å². The second kappa shape index (κ2) is 9.13. The van der Waals surface area contributed by atoms with Crippen molar-refractivity contribution >= 4 is 16.8 Å². The summed E-state index contributed by atoms with van der Waals surface area (Å²) in [6.45, 7) is 3.17. The molecule has 2 aromatic heterocycles. The lowest BCUT2D eigenvalue weighted by Crippen LogP contribution is -2.38. The van der Waals surface area contributed by atoms with Gasteiger partial charge in [0.2, 0.25) is 0 Å². The predicted molar refractivity (Wildman–Crippen MR) is 124 cm³/mol. The molecule has 5 rings (SSSR count). The van der Waals surface area contributed by atoms with Crippen molar-refractivity contribution in [3.05, 3.63) is 65.1 Å². The molecule has 1 fully saturated rings. The molecular weight excluding hydrogens is 398 g/mol. The number of nitrogens with zero attached hydrogens (tertiary/aromatic N) is 3. The van der Waals surface area contributed by atoms with E-state index in [0.29, 0.717) is 5.56 Å². The number of hydrogen-bond acceptors (Lipinski definition) is 4. The van der Waals surface area contributed by atoms with Crippen molar-refractivity contribution in [2.75, 3.05) is 13.1 Å². The summed E-state index contributed by atoms with van der Waals surface area (Å²) in [7, 11) is 0. The molecule has 1 saturated carbocycles. The highest BCUT2D eigenvalue weighted by molar-refractivity contribution is 6.06. The predicted octanol–water partition coefficient (Wildman–Crippen LogP) is 4.17. The molecule has 0 saturated heterocycles. The highest BCUT2D eigenvalue weighted by Gasteiger charge is 2.25. The second-order valence-corrected chi connectivity index (χ2v) is 9.22. The summed E-state index contributed by atoms with van der Waals surface area (Å²) < 4.78 is 0. The molecule has 1 amide bonds. The Morgan fingerprint density at radius 2 is 2.09 bits per heavy atom. The number of fused-ring (bicyclic) bond motifs is 2. The number of aromatic amines is 1. The van der Waals surface area contributed by atoms with Crippen molar-refractivity contribution in [1.29, 1.82) is 5.26 Å². The average Bonchev–Trinajstić information content (AvgIpc) is 3.27. The summed E-state index contributed by atoms with van der Waals surface area (Å²) in [6, 6.07) is 10.5. The summed E-state index contributed by atoms with van der Waals surface area (Å²) in [5.41, 5.74) is 5.09. The molecule has 1 aromatic carbocycles. The van der Waals surface area contributed by atoms with Gasteiger partial charge in [0.15, 0.2) is 0 Å². The van der Waals surface area contributed by atoms with Gasteiger partial charge in [-0.25, -0.2) is 0 Å². The Labute approximate surface area is 188 Å². The van der Waals surface area contributed by atoms with Gasteiger partial charge in [-0.1, -0.05) is 6.07 Å². The zero-order chi connectivity index (χ0) is 21.9. The van der Waals surface area contributed by atoms with E-state index >= 15 is 0 Å². The summed E-state index contributed by atoms with van der Waals surface area (Å²) in [5.74, 6) is 0.726. The van der Waals surface area contributed by atoms with Crippen LogP contribution in [0, 0.1) is 17.2 Å². The Morgan fingerprint density at radius 1 is 1.22 bits per heavy atom. The molecule has 6 heteroatoms. The topological polar surface area (TPSA) is 84.8 Å². The van der Waals surface area contributed by atoms with Crippen LogP contribution in [0.4, 0.5) is 0 Å². The zero-order valence-electron chi connectivity index (χ0n) is 18.3. The number of H-pyrrole nitrogens is 1. The third-order valence-corrected chi connectivity index (χ3v) is 7.19. The number of rotatable bonds is 5. The molecule has 2 N–H and O–H groups in total. The molecule has 0 unspecified atom stereocenters. The number of amides is 1. The van der Waals surface area contributed by atoms with E-state index in [0.717, 1.165) is 61.3 Å². The van der Waals surface area contributed by atoms with E-state index in [-0.39, 0.29) is 11.9 Å². The first-order valence-corrected chi connectivity index (χ1v) is 11.7. The van der Waals surface area contributed by atoms with Crippen LogP contribution < -0.4 is 5.32 Å². The average molecular weight is 428 g/mol. The molecule has 1 aliphatic heterocycles. The minimum absolute atomic E-state index is 0.00331. The van der Waals surface area contributed by atoms with Crippen LogP contribution in [0.25, 0.3) is 10.9 Å². The minimum atomic E-state index is -0.00331. The van der Waals surface area contributed by atoms with E-state index < -0.39 is 0 Å². The Balaban J connectivity index is 1.08. The number of nitriles is 1. The Kier molecular flexibility index (Phi) is 5.91. The molecule has 0 radical (unpaired) electrons. The van der Waals surface area contributed by atoms with Crippen LogP contribution in [0.15, 0.2) is 42.9 Å².